The van der Waals surface area contributed by atoms with E-state index in [1.54, 1.807) is 0 Å². The molecule has 0 spiro atoms. The fourth-order valence-corrected chi connectivity index (χ4v) is 1.89. The monoisotopic (exact) mass is 199 g/mol. The number of rotatable bonds is 4. The Morgan fingerprint density at radius 3 is 2.83 bits per heavy atom. The van der Waals surface area contributed by atoms with Crippen molar-refractivity contribution in [1.29, 1.82) is 0 Å². The van der Waals surface area contributed by atoms with E-state index in [2.05, 4.69) is 36.2 Å². The summed E-state index contributed by atoms with van der Waals surface area (Å²) < 4.78 is 0. The van der Waals surface area contributed by atoms with Crippen molar-refractivity contribution in [1.82, 2.24) is 4.98 Å². The van der Waals surface area contributed by atoms with Crippen molar-refractivity contribution in [2.75, 3.05) is 6.54 Å². The Morgan fingerprint density at radius 2 is 2.17 bits per heavy atom. The van der Waals surface area contributed by atoms with Gasteiger partial charge in [0.15, 0.2) is 8.99 Å². The van der Waals surface area contributed by atoms with Gasteiger partial charge in [0.2, 0.25) is 0 Å². The molecule has 0 saturated carbocycles. The van der Waals surface area contributed by atoms with Gasteiger partial charge in [0.1, 0.15) is 0 Å². The molecule has 66 valence electrons. The van der Waals surface area contributed by atoms with Crippen molar-refractivity contribution in [3.63, 3.8) is 0 Å². The molecule has 0 radical (unpaired) electrons. The van der Waals surface area contributed by atoms with Gasteiger partial charge in [0.05, 0.1) is 0 Å². The molecule has 0 aliphatic heterocycles. The zero-order valence-corrected chi connectivity index (χ0v) is 9.48. The molecule has 0 aromatic heterocycles. The summed E-state index contributed by atoms with van der Waals surface area (Å²) >= 11 is 5.64. The summed E-state index contributed by atoms with van der Waals surface area (Å²) in [6.45, 7) is 3.16. The van der Waals surface area contributed by atoms with Gasteiger partial charge in [-0.15, -0.1) is 0 Å². The maximum absolute atomic E-state index is 5.64. The van der Waals surface area contributed by atoms with Crippen LogP contribution in [-0.4, -0.2) is 15.5 Å². The van der Waals surface area contributed by atoms with Crippen molar-refractivity contribution >= 4 is 20.1 Å². The second kappa shape index (κ2) is 5.35. The largest absolute Gasteiger partial charge is 0.330 e. The van der Waals surface area contributed by atoms with Gasteiger partial charge in [-0.1, -0.05) is 24.3 Å². The number of benzene rings is 1. The average Bonchev–Trinajstić information content (AvgIpc) is 2.09. The zero-order valence-electron chi connectivity index (χ0n) is 7.31. The number of hydrogen-bond donors (Lipinski definition) is 1. The van der Waals surface area contributed by atoms with Crippen LogP contribution in [-0.2, 0) is 6.42 Å². The van der Waals surface area contributed by atoms with E-state index < -0.39 is 8.99 Å². The molecule has 0 amide bonds. The number of hydrogen-bond acceptors (Lipinski definition) is 1. The third-order valence-corrected chi connectivity index (χ3v) is 3.04. The molecule has 1 nitrogen and oxygen atoms in total. The van der Waals surface area contributed by atoms with E-state index in [9.17, 15) is 0 Å². The fraction of sp³-hybridized carbons (Fsp3) is 0.333. The second-order valence-corrected chi connectivity index (χ2v) is 4.38. The standard InChI is InChI=1S/C9H14ClNSi/c1-8-4-2-3-5-9(8)6-7-11-12-10/h2-5,11H,6-7,12H2,1H3. The van der Waals surface area contributed by atoms with Crippen molar-refractivity contribution in [3.8, 4) is 0 Å². The summed E-state index contributed by atoms with van der Waals surface area (Å²) in [6, 6.07) is 8.48. The molecule has 1 aromatic rings. The van der Waals surface area contributed by atoms with Gasteiger partial charge in [-0.05, 0) is 31.0 Å². The Balaban J connectivity index is 2.46. The second-order valence-electron chi connectivity index (χ2n) is 2.81. The molecule has 0 saturated heterocycles. The quantitative estimate of drug-likeness (QED) is 0.439. The molecule has 0 unspecified atom stereocenters. The molecule has 1 N–H and O–H groups in total. The molecular weight excluding hydrogens is 186 g/mol. The van der Waals surface area contributed by atoms with Crippen molar-refractivity contribution in [3.05, 3.63) is 35.4 Å². The summed E-state index contributed by atoms with van der Waals surface area (Å²) in [5, 5.41) is 0. The van der Waals surface area contributed by atoms with E-state index in [-0.39, 0.29) is 0 Å². The topological polar surface area (TPSA) is 12.0 Å². The number of halogens is 1. The van der Waals surface area contributed by atoms with Crippen molar-refractivity contribution in [2.24, 2.45) is 0 Å². The van der Waals surface area contributed by atoms with Gasteiger partial charge in [-0.3, -0.25) is 0 Å². The lowest BCUT2D eigenvalue weighted by atomic mass is 10.1. The lowest BCUT2D eigenvalue weighted by Crippen LogP contribution is -2.17. The van der Waals surface area contributed by atoms with E-state index in [0.717, 1.165) is 13.0 Å². The molecule has 3 heteroatoms. The van der Waals surface area contributed by atoms with Crippen LogP contribution in [0.4, 0.5) is 0 Å². The molecule has 0 aliphatic carbocycles. The van der Waals surface area contributed by atoms with Gasteiger partial charge >= 0.3 is 0 Å². The average molecular weight is 200 g/mol. The predicted octanol–water partition coefficient (Wildman–Crippen LogP) is 1.36. The van der Waals surface area contributed by atoms with E-state index in [1.165, 1.54) is 11.1 Å². The first kappa shape index (κ1) is 9.77. The van der Waals surface area contributed by atoms with Crippen LogP contribution >= 0.6 is 11.1 Å². The van der Waals surface area contributed by atoms with Crippen LogP contribution in [0.25, 0.3) is 0 Å². The minimum absolute atomic E-state index is 0.492. The smallest absolute Gasteiger partial charge is 0.195 e. The Bertz CT molecular complexity index is 240. The molecule has 0 atom stereocenters. The highest BCUT2D eigenvalue weighted by Gasteiger charge is 1.94. The van der Waals surface area contributed by atoms with E-state index in [1.807, 2.05) is 0 Å². The Hall–Kier alpha value is -0.313. The summed E-state index contributed by atoms with van der Waals surface area (Å²) in [7, 11) is -0.492. The Morgan fingerprint density at radius 1 is 1.42 bits per heavy atom. The number of nitrogens with one attached hydrogen (secondary N) is 1. The molecule has 0 fully saturated rings. The van der Waals surface area contributed by atoms with Crippen molar-refractivity contribution in [2.45, 2.75) is 13.3 Å². The Kier molecular flexibility index (Phi) is 4.36. The normalized spacial score (nSPS) is 11.2. The van der Waals surface area contributed by atoms with Crippen LogP contribution in [0.1, 0.15) is 11.1 Å². The highest BCUT2D eigenvalue weighted by Crippen LogP contribution is 2.06. The lowest BCUT2D eigenvalue weighted by molar-refractivity contribution is 0.889. The first-order chi connectivity index (χ1) is 5.84. The van der Waals surface area contributed by atoms with Crippen LogP contribution in [0.15, 0.2) is 24.3 Å². The molecule has 1 aromatic carbocycles. The lowest BCUT2D eigenvalue weighted by Gasteiger charge is -2.04. The van der Waals surface area contributed by atoms with E-state index in [4.69, 9.17) is 11.1 Å². The summed E-state index contributed by atoms with van der Waals surface area (Å²) in [5.74, 6) is 0. The van der Waals surface area contributed by atoms with Crippen LogP contribution in [0.5, 0.6) is 0 Å². The highest BCUT2D eigenvalue weighted by molar-refractivity contribution is 6.92. The third kappa shape index (κ3) is 2.97. The van der Waals surface area contributed by atoms with Gasteiger partial charge in [-0.2, -0.15) is 11.1 Å². The molecular formula is C9H14ClNSi. The highest BCUT2D eigenvalue weighted by atomic mass is 35.6. The molecule has 0 aliphatic rings. The summed E-state index contributed by atoms with van der Waals surface area (Å²) in [5.41, 5.74) is 2.79. The van der Waals surface area contributed by atoms with Gasteiger partial charge in [0, 0.05) is 0 Å². The summed E-state index contributed by atoms with van der Waals surface area (Å²) in [6.07, 6.45) is 1.09. The summed E-state index contributed by atoms with van der Waals surface area (Å²) in [4.78, 5) is 3.23. The van der Waals surface area contributed by atoms with Crippen LogP contribution in [0.2, 0.25) is 0 Å². The molecule has 12 heavy (non-hydrogen) atoms. The van der Waals surface area contributed by atoms with Gasteiger partial charge in [0.25, 0.3) is 0 Å². The maximum atomic E-state index is 5.64. The van der Waals surface area contributed by atoms with Crippen LogP contribution in [0, 0.1) is 6.92 Å². The zero-order chi connectivity index (χ0) is 8.81. The van der Waals surface area contributed by atoms with E-state index in [0.29, 0.717) is 0 Å². The van der Waals surface area contributed by atoms with Crippen LogP contribution < -0.4 is 4.98 Å². The minimum atomic E-state index is -0.492. The molecule has 1 rings (SSSR count). The van der Waals surface area contributed by atoms with Gasteiger partial charge in [-0.25, -0.2) is 0 Å². The first-order valence-corrected chi connectivity index (χ1v) is 7.00. The SMILES string of the molecule is Cc1ccccc1CCN[SiH2]Cl. The van der Waals surface area contributed by atoms with Crippen molar-refractivity contribution < 1.29 is 0 Å². The third-order valence-electron chi connectivity index (χ3n) is 1.93. The Labute approximate surface area is 80.7 Å². The van der Waals surface area contributed by atoms with Crippen LogP contribution in [0.3, 0.4) is 0 Å². The minimum Gasteiger partial charge on any atom is -0.330 e. The molecule has 0 heterocycles. The maximum Gasteiger partial charge on any atom is 0.195 e. The predicted molar refractivity (Wildman–Crippen MR) is 57.3 cm³/mol. The first-order valence-electron chi connectivity index (χ1n) is 4.16. The van der Waals surface area contributed by atoms with E-state index >= 15 is 0 Å². The fourth-order valence-electron chi connectivity index (χ4n) is 1.18. The van der Waals surface area contributed by atoms with Gasteiger partial charge < -0.3 is 4.98 Å². The molecule has 0 bridgehead atoms. The number of aryl methyl sites for hydroxylation is 1.